The minimum atomic E-state index is -0.195. The van der Waals surface area contributed by atoms with Gasteiger partial charge in [0.15, 0.2) is 0 Å². The van der Waals surface area contributed by atoms with Gasteiger partial charge in [-0.05, 0) is 56.1 Å². The summed E-state index contributed by atoms with van der Waals surface area (Å²) in [6, 6.07) is 6.67. The largest absolute Gasteiger partial charge is 0.319 e. The molecule has 0 unspecified atom stereocenters. The molecular formula is C17H24FN3. The third-order valence-electron chi connectivity index (χ3n) is 3.79. The third-order valence-corrected chi connectivity index (χ3v) is 3.79. The summed E-state index contributed by atoms with van der Waals surface area (Å²) in [4.78, 5) is 0. The Labute approximate surface area is 126 Å². The number of hydrogen-bond acceptors (Lipinski definition) is 2. The number of hydrogen-bond donors (Lipinski definition) is 1. The molecule has 0 spiro atoms. The maximum absolute atomic E-state index is 13.0. The smallest absolute Gasteiger partial charge is 0.123 e. The number of nitrogens with zero attached hydrogens (tertiary/aromatic N) is 2. The van der Waals surface area contributed by atoms with E-state index in [1.165, 1.54) is 29.1 Å². The first kappa shape index (κ1) is 15.7. The molecule has 0 saturated carbocycles. The highest BCUT2D eigenvalue weighted by molar-refractivity contribution is 5.28. The lowest BCUT2D eigenvalue weighted by atomic mass is 10.1. The molecule has 0 atom stereocenters. The van der Waals surface area contributed by atoms with E-state index < -0.39 is 0 Å². The highest BCUT2D eigenvalue weighted by atomic mass is 19.1. The second-order valence-electron chi connectivity index (χ2n) is 5.22. The lowest BCUT2D eigenvalue weighted by Gasteiger charge is -2.08. The number of rotatable bonds is 7. The SMILES string of the molecule is CCc1nn(Cc2ccc(F)cc2)c(CC)c1CCNC. The summed E-state index contributed by atoms with van der Waals surface area (Å²) in [6.07, 6.45) is 2.92. The van der Waals surface area contributed by atoms with Gasteiger partial charge in [0.2, 0.25) is 0 Å². The highest BCUT2D eigenvalue weighted by Crippen LogP contribution is 2.18. The Morgan fingerprint density at radius 3 is 2.43 bits per heavy atom. The fourth-order valence-electron chi connectivity index (χ4n) is 2.70. The quantitative estimate of drug-likeness (QED) is 0.849. The average molecular weight is 289 g/mol. The third kappa shape index (κ3) is 3.70. The lowest BCUT2D eigenvalue weighted by Crippen LogP contribution is -2.12. The van der Waals surface area contributed by atoms with Gasteiger partial charge in [0.25, 0.3) is 0 Å². The molecular weight excluding hydrogens is 265 g/mol. The van der Waals surface area contributed by atoms with Crippen molar-refractivity contribution in [1.29, 1.82) is 0 Å². The van der Waals surface area contributed by atoms with E-state index in [0.29, 0.717) is 6.54 Å². The van der Waals surface area contributed by atoms with E-state index in [0.717, 1.165) is 31.4 Å². The second kappa shape index (κ2) is 7.36. The van der Waals surface area contributed by atoms with Crippen LogP contribution >= 0.6 is 0 Å². The van der Waals surface area contributed by atoms with Crippen molar-refractivity contribution in [2.45, 2.75) is 39.7 Å². The fraction of sp³-hybridized carbons (Fsp3) is 0.471. The molecule has 2 rings (SSSR count). The van der Waals surface area contributed by atoms with Gasteiger partial charge in [-0.25, -0.2) is 4.39 Å². The number of likely N-dealkylation sites (N-methyl/N-ethyl adjacent to an activating group) is 1. The van der Waals surface area contributed by atoms with Gasteiger partial charge in [0, 0.05) is 5.69 Å². The molecule has 4 heteroatoms. The molecule has 114 valence electrons. The summed E-state index contributed by atoms with van der Waals surface area (Å²) in [7, 11) is 1.97. The first-order chi connectivity index (χ1) is 10.2. The Bertz CT molecular complexity index is 572. The minimum Gasteiger partial charge on any atom is -0.319 e. The molecule has 3 nitrogen and oxygen atoms in total. The predicted molar refractivity (Wildman–Crippen MR) is 84.1 cm³/mol. The lowest BCUT2D eigenvalue weighted by molar-refractivity contribution is 0.619. The maximum Gasteiger partial charge on any atom is 0.123 e. The van der Waals surface area contributed by atoms with Crippen LogP contribution in [0.15, 0.2) is 24.3 Å². The first-order valence-electron chi connectivity index (χ1n) is 7.66. The Kier molecular flexibility index (Phi) is 5.51. The van der Waals surface area contributed by atoms with Crippen LogP contribution in [0.4, 0.5) is 4.39 Å². The van der Waals surface area contributed by atoms with Crippen LogP contribution in [-0.4, -0.2) is 23.4 Å². The number of halogens is 1. The zero-order valence-electron chi connectivity index (χ0n) is 13.1. The number of aryl methyl sites for hydroxylation is 1. The summed E-state index contributed by atoms with van der Waals surface area (Å²) in [5.74, 6) is -0.195. The molecule has 0 saturated heterocycles. The minimum absolute atomic E-state index is 0.195. The monoisotopic (exact) mass is 289 g/mol. The normalized spacial score (nSPS) is 11.0. The van der Waals surface area contributed by atoms with Crippen molar-refractivity contribution < 1.29 is 4.39 Å². The average Bonchev–Trinajstić information content (AvgIpc) is 2.84. The van der Waals surface area contributed by atoms with Gasteiger partial charge >= 0.3 is 0 Å². The van der Waals surface area contributed by atoms with Crippen LogP contribution in [0, 0.1) is 5.82 Å². The summed E-state index contributed by atoms with van der Waals surface area (Å²) in [6.45, 7) is 5.98. The van der Waals surface area contributed by atoms with E-state index >= 15 is 0 Å². The Hall–Kier alpha value is -1.68. The van der Waals surface area contributed by atoms with Crippen LogP contribution in [0.1, 0.15) is 36.4 Å². The number of aromatic nitrogens is 2. The van der Waals surface area contributed by atoms with Crippen LogP contribution in [0.5, 0.6) is 0 Å². The van der Waals surface area contributed by atoms with Crippen molar-refractivity contribution in [1.82, 2.24) is 15.1 Å². The van der Waals surface area contributed by atoms with E-state index in [4.69, 9.17) is 5.10 Å². The van der Waals surface area contributed by atoms with Gasteiger partial charge in [-0.2, -0.15) is 5.10 Å². The molecule has 0 amide bonds. The van der Waals surface area contributed by atoms with Gasteiger partial charge in [0.1, 0.15) is 5.82 Å². The van der Waals surface area contributed by atoms with Crippen LogP contribution < -0.4 is 5.32 Å². The van der Waals surface area contributed by atoms with Crippen molar-refractivity contribution in [3.05, 3.63) is 52.6 Å². The molecule has 1 aromatic carbocycles. The number of nitrogens with one attached hydrogen (secondary N) is 1. The molecule has 1 heterocycles. The highest BCUT2D eigenvalue weighted by Gasteiger charge is 2.15. The standard InChI is InChI=1S/C17H24FN3/c1-4-16-15(10-11-19-3)17(5-2)21(20-16)12-13-6-8-14(18)9-7-13/h6-9,19H,4-5,10-12H2,1-3H3. The second-order valence-corrected chi connectivity index (χ2v) is 5.22. The molecule has 2 aromatic rings. The zero-order chi connectivity index (χ0) is 15.2. The molecule has 1 aromatic heterocycles. The van der Waals surface area contributed by atoms with E-state index in [1.54, 1.807) is 0 Å². The summed E-state index contributed by atoms with van der Waals surface area (Å²) in [5, 5.41) is 7.97. The van der Waals surface area contributed by atoms with Crippen LogP contribution in [-0.2, 0) is 25.8 Å². The molecule has 21 heavy (non-hydrogen) atoms. The molecule has 0 radical (unpaired) electrons. The zero-order valence-corrected chi connectivity index (χ0v) is 13.1. The van der Waals surface area contributed by atoms with E-state index in [-0.39, 0.29) is 5.82 Å². The molecule has 0 aliphatic heterocycles. The van der Waals surface area contributed by atoms with E-state index in [2.05, 4.69) is 23.8 Å². The molecule has 1 N–H and O–H groups in total. The number of benzene rings is 1. The van der Waals surface area contributed by atoms with E-state index in [1.807, 2.05) is 19.2 Å². The van der Waals surface area contributed by atoms with Crippen molar-refractivity contribution >= 4 is 0 Å². The van der Waals surface area contributed by atoms with Gasteiger partial charge in [-0.15, -0.1) is 0 Å². The summed E-state index contributed by atoms with van der Waals surface area (Å²) < 4.78 is 15.1. The Balaban J connectivity index is 2.29. The molecule has 0 aliphatic rings. The molecule has 0 bridgehead atoms. The van der Waals surface area contributed by atoms with Gasteiger partial charge in [0.05, 0.1) is 12.2 Å². The van der Waals surface area contributed by atoms with Crippen molar-refractivity contribution in [3.8, 4) is 0 Å². The van der Waals surface area contributed by atoms with Gasteiger partial charge in [-0.3, -0.25) is 4.68 Å². The van der Waals surface area contributed by atoms with Gasteiger partial charge < -0.3 is 5.32 Å². The van der Waals surface area contributed by atoms with Crippen molar-refractivity contribution in [2.24, 2.45) is 0 Å². The summed E-state index contributed by atoms with van der Waals surface area (Å²) >= 11 is 0. The topological polar surface area (TPSA) is 29.9 Å². The summed E-state index contributed by atoms with van der Waals surface area (Å²) in [5.41, 5.74) is 4.93. The fourth-order valence-corrected chi connectivity index (χ4v) is 2.70. The van der Waals surface area contributed by atoms with Crippen LogP contribution in [0.25, 0.3) is 0 Å². The van der Waals surface area contributed by atoms with Crippen LogP contribution in [0.2, 0.25) is 0 Å². The predicted octanol–water partition coefficient (Wildman–Crippen LogP) is 2.96. The van der Waals surface area contributed by atoms with E-state index in [9.17, 15) is 4.39 Å². The van der Waals surface area contributed by atoms with Crippen molar-refractivity contribution in [3.63, 3.8) is 0 Å². The Morgan fingerprint density at radius 1 is 1.14 bits per heavy atom. The Morgan fingerprint density at radius 2 is 1.86 bits per heavy atom. The maximum atomic E-state index is 13.0. The van der Waals surface area contributed by atoms with Gasteiger partial charge in [-0.1, -0.05) is 26.0 Å². The van der Waals surface area contributed by atoms with Crippen molar-refractivity contribution in [2.75, 3.05) is 13.6 Å². The molecule has 0 aliphatic carbocycles. The first-order valence-corrected chi connectivity index (χ1v) is 7.66. The molecule has 0 fully saturated rings. The van der Waals surface area contributed by atoms with Crippen LogP contribution in [0.3, 0.4) is 0 Å².